The van der Waals surface area contributed by atoms with Gasteiger partial charge in [0.15, 0.2) is 0 Å². The second-order valence-electron chi connectivity index (χ2n) is 6.13. The molecule has 197 valence electrons. The largest absolute Gasteiger partial charge is 1.00 e. The molecule has 1 radical (unpaired) electrons. The van der Waals surface area contributed by atoms with Gasteiger partial charge in [-0.3, -0.25) is 10.1 Å². The van der Waals surface area contributed by atoms with Crippen molar-refractivity contribution >= 4 is 62.3 Å². The molecular formula is C17H6CuN2Na4O13S3-2. The van der Waals surface area contributed by atoms with E-state index in [2.05, 4.69) is 29.0 Å². The van der Waals surface area contributed by atoms with E-state index in [4.69, 9.17) is 0 Å². The van der Waals surface area contributed by atoms with Gasteiger partial charge in [-0.2, -0.15) is 13.8 Å². The zero-order chi connectivity index (χ0) is 25.8. The predicted octanol–water partition coefficient (Wildman–Crippen LogP) is -12.9. The first-order valence-electron chi connectivity index (χ1n) is 8.55. The van der Waals surface area contributed by atoms with E-state index in [0.717, 1.165) is 0 Å². The summed E-state index contributed by atoms with van der Waals surface area (Å²) in [5.74, 6) is -4.24. The first kappa shape index (κ1) is 45.9. The van der Waals surface area contributed by atoms with Crippen molar-refractivity contribution in [3.8, 4) is 11.5 Å². The minimum atomic E-state index is -5.21. The molecular weight excluding hydrogens is 692 g/mol. The standard InChI is InChI=1S/C17H12N2O13S3.Cu.4Na/c20-15-11(17(22)23)5-9(35(26,27)28)6-12(15)18-19-14-13(34-32-30-25)4-7-3-8(33-31-29-24)1-2-10(7)16(14)21;;;;;/h1-6,20-21,24-25H,(H,22,23)(H,26,27,28);;;;;/q;;4*+1/p-6. The van der Waals surface area contributed by atoms with Crippen LogP contribution in [0.2, 0.25) is 0 Å². The molecule has 0 spiro atoms. The number of nitrogens with zero attached hydrogens (tertiary/aromatic N) is 2. The number of fused-ring (bicyclic) bond motifs is 1. The number of carbonyl (C=O) groups excluding carboxylic acids is 1. The van der Waals surface area contributed by atoms with Crippen molar-refractivity contribution in [3.05, 3.63) is 42.0 Å². The van der Waals surface area contributed by atoms with Crippen LogP contribution < -0.4 is 144 Å². The maximum atomic E-state index is 13.0. The second-order valence-corrected chi connectivity index (χ2v) is 9.03. The SMILES string of the molecule is O=C([O-])c1cc(S(=O)(=O)[O-])cc(N=Nc2c(SOO[O-])cc3cc(SOO[O-])ccc3c2[O-])c1[O-].[Cu].[Na+].[Na+].[Na+].[Na+]. The summed E-state index contributed by atoms with van der Waals surface area (Å²) < 4.78 is 42.4. The van der Waals surface area contributed by atoms with E-state index in [1.807, 2.05) is 0 Å². The van der Waals surface area contributed by atoms with Gasteiger partial charge >= 0.3 is 118 Å². The monoisotopic (exact) mass is 697 g/mol. The molecule has 0 bridgehead atoms. The number of carboxylic acids is 1. The number of aromatic carboxylic acids is 1. The van der Waals surface area contributed by atoms with Crippen molar-refractivity contribution < 1.29 is 198 Å². The third-order valence-electron chi connectivity index (χ3n) is 4.12. The number of benzene rings is 3. The molecule has 0 amide bonds. The van der Waals surface area contributed by atoms with Crippen LogP contribution in [0.15, 0.2) is 61.3 Å². The maximum absolute atomic E-state index is 13.0. The van der Waals surface area contributed by atoms with E-state index in [9.17, 15) is 43.6 Å². The number of carbonyl (C=O) groups is 1. The molecule has 0 saturated carbocycles. The Morgan fingerprint density at radius 2 is 1.45 bits per heavy atom. The third kappa shape index (κ3) is 12.1. The predicted molar refractivity (Wildman–Crippen MR) is 102 cm³/mol. The van der Waals surface area contributed by atoms with Gasteiger partial charge in [0.05, 0.1) is 51.2 Å². The minimum Gasteiger partial charge on any atom is -0.871 e. The summed E-state index contributed by atoms with van der Waals surface area (Å²) in [5, 5.41) is 70.5. The average Bonchev–Trinajstić information content (AvgIpc) is 2.80. The van der Waals surface area contributed by atoms with Crippen LogP contribution in [0.3, 0.4) is 0 Å². The molecule has 15 nitrogen and oxygen atoms in total. The van der Waals surface area contributed by atoms with Crippen molar-refractivity contribution in [2.24, 2.45) is 10.2 Å². The molecule has 0 unspecified atom stereocenters. The van der Waals surface area contributed by atoms with Crippen molar-refractivity contribution in [1.29, 1.82) is 0 Å². The fraction of sp³-hybridized carbons (Fsp3) is 0. The number of hydrogen-bond acceptors (Lipinski definition) is 17. The number of azo groups is 1. The molecule has 3 aromatic rings. The van der Waals surface area contributed by atoms with Gasteiger partial charge in [-0.25, -0.2) is 8.42 Å². The summed E-state index contributed by atoms with van der Waals surface area (Å²) in [6.45, 7) is 0. The van der Waals surface area contributed by atoms with Crippen LogP contribution in [0.5, 0.6) is 11.5 Å². The van der Waals surface area contributed by atoms with Crippen molar-refractivity contribution in [2.45, 2.75) is 14.7 Å². The van der Waals surface area contributed by atoms with Gasteiger partial charge in [-0.15, -0.1) is 5.11 Å². The molecule has 0 saturated heterocycles. The zero-order valence-corrected chi connectivity index (χ0v) is 32.1. The van der Waals surface area contributed by atoms with E-state index in [1.165, 1.54) is 24.3 Å². The first-order chi connectivity index (χ1) is 16.6. The zero-order valence-electron chi connectivity index (χ0n) is 20.7. The normalized spacial score (nSPS) is 10.5. The van der Waals surface area contributed by atoms with Crippen LogP contribution in [0.25, 0.3) is 10.8 Å². The van der Waals surface area contributed by atoms with E-state index >= 15 is 0 Å². The van der Waals surface area contributed by atoms with Crippen LogP contribution in [0, 0.1) is 0 Å². The summed E-state index contributed by atoms with van der Waals surface area (Å²) in [6.07, 6.45) is 0. The molecule has 0 aliphatic rings. The molecule has 3 rings (SSSR count). The van der Waals surface area contributed by atoms with Crippen molar-refractivity contribution in [3.63, 3.8) is 0 Å². The molecule has 0 N–H and O–H groups in total. The summed E-state index contributed by atoms with van der Waals surface area (Å²) in [7, 11) is -5.21. The average molecular weight is 698 g/mol. The molecule has 0 aliphatic heterocycles. The number of carboxylic acid groups (broad SMARTS) is 1. The van der Waals surface area contributed by atoms with Gasteiger partial charge in [-0.05, 0) is 46.7 Å². The van der Waals surface area contributed by atoms with Crippen molar-refractivity contribution in [1.82, 2.24) is 0 Å². The van der Waals surface area contributed by atoms with Gasteiger partial charge in [0, 0.05) is 22.0 Å². The fourth-order valence-corrected chi connectivity index (χ4v) is 4.10. The Morgan fingerprint density at radius 3 is 2.00 bits per heavy atom. The van der Waals surface area contributed by atoms with Crippen LogP contribution in [-0.2, 0) is 45.9 Å². The Hall–Kier alpha value is 1.48. The molecule has 23 heteroatoms. The fourth-order valence-electron chi connectivity index (χ4n) is 2.69. The Kier molecular flexibility index (Phi) is 24.4. The summed E-state index contributed by atoms with van der Waals surface area (Å²) in [5.41, 5.74) is -2.60. The van der Waals surface area contributed by atoms with Crippen LogP contribution in [0.1, 0.15) is 10.4 Å². The van der Waals surface area contributed by atoms with Gasteiger partial charge in [0.1, 0.15) is 10.1 Å². The molecule has 0 aromatic heterocycles. The van der Waals surface area contributed by atoms with Gasteiger partial charge < -0.3 is 35.2 Å². The minimum absolute atomic E-state index is 0. The molecule has 0 aliphatic carbocycles. The molecule has 3 aromatic carbocycles. The van der Waals surface area contributed by atoms with E-state index in [0.29, 0.717) is 29.1 Å². The summed E-state index contributed by atoms with van der Waals surface area (Å²) >= 11 is 0.756. The van der Waals surface area contributed by atoms with Crippen LogP contribution >= 0.6 is 24.1 Å². The summed E-state index contributed by atoms with van der Waals surface area (Å²) in [4.78, 5) is 10.2. The molecule has 0 atom stereocenters. The second kappa shape index (κ2) is 21.3. The summed E-state index contributed by atoms with van der Waals surface area (Å²) in [6, 6.07) is 6.14. The Labute approximate surface area is 333 Å². The van der Waals surface area contributed by atoms with E-state index < -0.39 is 49.4 Å². The third-order valence-corrected chi connectivity index (χ3v) is 6.12. The number of rotatable bonds is 10. The maximum Gasteiger partial charge on any atom is 1.00 e. The van der Waals surface area contributed by atoms with E-state index in [-0.39, 0.29) is 163 Å². The van der Waals surface area contributed by atoms with Gasteiger partial charge in [0.2, 0.25) is 0 Å². The van der Waals surface area contributed by atoms with Crippen molar-refractivity contribution in [2.75, 3.05) is 0 Å². The quantitative estimate of drug-likeness (QED) is 0.0476. The molecule has 40 heavy (non-hydrogen) atoms. The van der Waals surface area contributed by atoms with Crippen LogP contribution in [0.4, 0.5) is 11.4 Å². The number of hydrogen-bond donors (Lipinski definition) is 0. The van der Waals surface area contributed by atoms with Gasteiger partial charge in [0.25, 0.3) is 0 Å². The Morgan fingerprint density at radius 1 is 0.850 bits per heavy atom. The van der Waals surface area contributed by atoms with E-state index in [1.54, 1.807) is 0 Å². The molecule has 0 fully saturated rings. The Bertz CT molecular complexity index is 1440. The van der Waals surface area contributed by atoms with Crippen LogP contribution in [-0.4, -0.2) is 18.9 Å². The topological polar surface area (TPSA) is 251 Å². The molecule has 0 heterocycles. The smallest absolute Gasteiger partial charge is 0.871 e. The Balaban J connectivity index is -0.00000274. The first-order valence-corrected chi connectivity index (χ1v) is 11.4. The van der Waals surface area contributed by atoms with Gasteiger partial charge in [-0.1, -0.05) is 17.6 Å².